The first kappa shape index (κ1) is 15.0. The second kappa shape index (κ2) is 7.44. The zero-order valence-corrected chi connectivity index (χ0v) is 12.5. The quantitative estimate of drug-likeness (QED) is 0.413. The summed E-state index contributed by atoms with van der Waals surface area (Å²) in [7, 11) is 0. The molecule has 3 heteroatoms. The fourth-order valence-electron chi connectivity index (χ4n) is 2.79. The Balaban J connectivity index is 1.95. The van der Waals surface area contributed by atoms with Gasteiger partial charge in [0.15, 0.2) is 0 Å². The number of benzene rings is 1. The summed E-state index contributed by atoms with van der Waals surface area (Å²) >= 11 is 0. The van der Waals surface area contributed by atoms with Gasteiger partial charge >= 0.3 is 5.97 Å². The number of hydrogen-bond donors (Lipinski definition) is 0. The molecule has 0 N–H and O–H groups in total. The lowest BCUT2D eigenvalue weighted by Gasteiger charge is -2.04. The van der Waals surface area contributed by atoms with Gasteiger partial charge in [-0.25, -0.2) is 0 Å². The van der Waals surface area contributed by atoms with Crippen molar-refractivity contribution in [3.05, 3.63) is 35.9 Å². The SMILES string of the molecule is CCCCCCN1[C@@H](C(=O)OCC)[C@@H]1c1ccccc1. The van der Waals surface area contributed by atoms with Gasteiger partial charge in [-0.2, -0.15) is 0 Å². The monoisotopic (exact) mass is 275 g/mol. The number of carbonyl (C=O) groups excluding carboxylic acids is 1. The maximum atomic E-state index is 12.0. The van der Waals surface area contributed by atoms with Crippen LogP contribution in [0.15, 0.2) is 30.3 Å². The number of nitrogens with zero attached hydrogens (tertiary/aromatic N) is 1. The third kappa shape index (κ3) is 3.60. The maximum Gasteiger partial charge on any atom is 0.325 e. The lowest BCUT2D eigenvalue weighted by molar-refractivity contribution is -0.143. The van der Waals surface area contributed by atoms with Crippen LogP contribution in [0.1, 0.15) is 51.1 Å². The van der Waals surface area contributed by atoms with Crippen molar-refractivity contribution in [2.45, 2.75) is 51.6 Å². The molecular formula is C17H25NO2. The Hall–Kier alpha value is -1.35. The highest BCUT2D eigenvalue weighted by Gasteiger charge is 2.53. The molecule has 0 saturated carbocycles. The third-order valence-corrected chi connectivity index (χ3v) is 3.86. The Labute approximate surface area is 121 Å². The summed E-state index contributed by atoms with van der Waals surface area (Å²) in [6.07, 6.45) is 4.91. The number of ether oxygens (including phenoxy) is 1. The lowest BCUT2D eigenvalue weighted by atomic mass is 10.1. The zero-order chi connectivity index (χ0) is 14.4. The van der Waals surface area contributed by atoms with E-state index in [4.69, 9.17) is 4.74 Å². The molecule has 0 radical (unpaired) electrons. The van der Waals surface area contributed by atoms with Crippen molar-refractivity contribution in [3.63, 3.8) is 0 Å². The second-order valence-electron chi connectivity index (χ2n) is 5.35. The Bertz CT molecular complexity index is 418. The fourth-order valence-corrected chi connectivity index (χ4v) is 2.79. The normalized spacial score (nSPS) is 24.4. The summed E-state index contributed by atoms with van der Waals surface area (Å²) in [4.78, 5) is 14.3. The number of esters is 1. The molecule has 0 aromatic heterocycles. The smallest absolute Gasteiger partial charge is 0.325 e. The average Bonchev–Trinajstić information content (AvgIpc) is 3.19. The highest BCUT2D eigenvalue weighted by Crippen LogP contribution is 2.43. The number of hydrogen-bond acceptors (Lipinski definition) is 3. The van der Waals surface area contributed by atoms with E-state index < -0.39 is 0 Å². The molecule has 2 rings (SSSR count). The van der Waals surface area contributed by atoms with E-state index >= 15 is 0 Å². The van der Waals surface area contributed by atoms with E-state index in [1.54, 1.807) is 0 Å². The molecule has 0 spiro atoms. The molecule has 3 nitrogen and oxygen atoms in total. The minimum atomic E-state index is -0.0724. The third-order valence-electron chi connectivity index (χ3n) is 3.86. The van der Waals surface area contributed by atoms with Gasteiger partial charge in [-0.05, 0) is 25.5 Å². The average molecular weight is 275 g/mol. The molecule has 1 aromatic rings. The van der Waals surface area contributed by atoms with Crippen molar-refractivity contribution in [2.75, 3.05) is 13.2 Å². The van der Waals surface area contributed by atoms with E-state index in [0.29, 0.717) is 6.61 Å². The molecule has 0 aliphatic carbocycles. The molecule has 1 aliphatic rings. The van der Waals surface area contributed by atoms with Gasteiger partial charge in [0.1, 0.15) is 6.04 Å². The van der Waals surface area contributed by atoms with Gasteiger partial charge in [-0.3, -0.25) is 9.69 Å². The summed E-state index contributed by atoms with van der Waals surface area (Å²) in [6, 6.07) is 10.4. The number of rotatable bonds is 8. The van der Waals surface area contributed by atoms with Gasteiger partial charge in [0.25, 0.3) is 0 Å². The highest BCUT2D eigenvalue weighted by molar-refractivity contribution is 5.80. The minimum Gasteiger partial charge on any atom is -0.465 e. The summed E-state index contributed by atoms with van der Waals surface area (Å²) in [5, 5.41) is 0. The standard InChI is InChI=1S/C17H25NO2/c1-3-5-6-10-13-18-15(14-11-8-7-9-12-14)16(18)17(19)20-4-2/h7-9,11-12,15-16H,3-6,10,13H2,1-2H3/t15-,16+,18?/m0/s1. The van der Waals surface area contributed by atoms with Crippen LogP contribution in [0, 0.1) is 0 Å². The molecule has 1 heterocycles. The van der Waals surface area contributed by atoms with Crippen molar-refractivity contribution in [1.82, 2.24) is 4.90 Å². The van der Waals surface area contributed by atoms with Crippen LogP contribution in [0.25, 0.3) is 0 Å². The fraction of sp³-hybridized carbons (Fsp3) is 0.588. The van der Waals surface area contributed by atoms with Crippen LogP contribution in [0.2, 0.25) is 0 Å². The van der Waals surface area contributed by atoms with Gasteiger partial charge in [0.2, 0.25) is 0 Å². The maximum absolute atomic E-state index is 12.0. The van der Waals surface area contributed by atoms with Crippen LogP contribution in [-0.2, 0) is 9.53 Å². The first-order chi connectivity index (χ1) is 9.79. The highest BCUT2D eigenvalue weighted by atomic mass is 16.5. The lowest BCUT2D eigenvalue weighted by Crippen LogP contribution is -2.16. The van der Waals surface area contributed by atoms with E-state index in [-0.39, 0.29) is 18.1 Å². The van der Waals surface area contributed by atoms with Crippen molar-refractivity contribution >= 4 is 5.97 Å². The van der Waals surface area contributed by atoms with Crippen LogP contribution < -0.4 is 0 Å². The molecule has 20 heavy (non-hydrogen) atoms. The van der Waals surface area contributed by atoms with Crippen molar-refractivity contribution in [2.24, 2.45) is 0 Å². The van der Waals surface area contributed by atoms with Crippen LogP contribution in [0.3, 0.4) is 0 Å². The summed E-state index contributed by atoms with van der Waals surface area (Å²) < 4.78 is 5.19. The van der Waals surface area contributed by atoms with E-state index in [9.17, 15) is 4.79 Å². The Morgan fingerprint density at radius 1 is 1.15 bits per heavy atom. The molecule has 1 aliphatic heterocycles. The summed E-state index contributed by atoms with van der Waals surface area (Å²) in [5.41, 5.74) is 1.22. The molecule has 1 saturated heterocycles. The van der Waals surface area contributed by atoms with E-state index in [0.717, 1.165) is 13.0 Å². The Morgan fingerprint density at radius 2 is 1.90 bits per heavy atom. The molecule has 3 atom stereocenters. The van der Waals surface area contributed by atoms with Crippen LogP contribution >= 0.6 is 0 Å². The first-order valence-corrected chi connectivity index (χ1v) is 7.77. The van der Waals surface area contributed by atoms with Crippen LogP contribution in [-0.4, -0.2) is 30.1 Å². The first-order valence-electron chi connectivity index (χ1n) is 7.77. The van der Waals surface area contributed by atoms with E-state index in [1.807, 2.05) is 25.1 Å². The van der Waals surface area contributed by atoms with Crippen LogP contribution in [0.5, 0.6) is 0 Å². The molecule has 110 valence electrons. The summed E-state index contributed by atoms with van der Waals surface area (Å²) in [6.45, 7) is 5.53. The van der Waals surface area contributed by atoms with Gasteiger partial charge in [-0.1, -0.05) is 56.5 Å². The van der Waals surface area contributed by atoms with E-state index in [1.165, 1.54) is 24.8 Å². The van der Waals surface area contributed by atoms with Crippen molar-refractivity contribution in [1.29, 1.82) is 0 Å². The predicted molar refractivity (Wildman–Crippen MR) is 80.5 cm³/mol. The van der Waals surface area contributed by atoms with E-state index in [2.05, 4.69) is 24.0 Å². The van der Waals surface area contributed by atoms with Crippen molar-refractivity contribution < 1.29 is 9.53 Å². The zero-order valence-electron chi connectivity index (χ0n) is 12.5. The molecule has 1 unspecified atom stereocenters. The van der Waals surface area contributed by atoms with Crippen LogP contribution in [0.4, 0.5) is 0 Å². The molecule has 1 fully saturated rings. The number of carbonyl (C=O) groups is 1. The van der Waals surface area contributed by atoms with Gasteiger partial charge in [-0.15, -0.1) is 0 Å². The second-order valence-corrected chi connectivity index (χ2v) is 5.35. The molecular weight excluding hydrogens is 250 g/mol. The minimum absolute atomic E-state index is 0.0704. The van der Waals surface area contributed by atoms with Gasteiger partial charge < -0.3 is 4.74 Å². The van der Waals surface area contributed by atoms with Gasteiger partial charge in [0, 0.05) is 0 Å². The van der Waals surface area contributed by atoms with Crippen molar-refractivity contribution in [3.8, 4) is 0 Å². The van der Waals surface area contributed by atoms with Gasteiger partial charge in [0.05, 0.1) is 12.6 Å². The molecule has 1 aromatic carbocycles. The molecule has 0 amide bonds. The topological polar surface area (TPSA) is 29.3 Å². The summed E-state index contributed by atoms with van der Waals surface area (Å²) in [5.74, 6) is -0.0724. The molecule has 0 bridgehead atoms. The number of unbranched alkanes of at least 4 members (excludes halogenated alkanes) is 3. The Kier molecular flexibility index (Phi) is 5.60. The Morgan fingerprint density at radius 3 is 2.55 bits per heavy atom. The predicted octanol–water partition coefficient (Wildman–Crippen LogP) is 3.56. The largest absolute Gasteiger partial charge is 0.465 e.